The molecule has 0 aromatic carbocycles. The summed E-state index contributed by atoms with van der Waals surface area (Å²) < 4.78 is 0. The zero-order chi connectivity index (χ0) is 14.8. The summed E-state index contributed by atoms with van der Waals surface area (Å²) in [5.41, 5.74) is 4.12. The molecule has 1 N–H and O–H groups in total. The Balaban J connectivity index is 1.68. The fourth-order valence-electron chi connectivity index (χ4n) is 6.42. The molecule has 0 saturated heterocycles. The maximum atomic E-state index is 10.0. The Labute approximate surface area is 129 Å². The van der Waals surface area contributed by atoms with Gasteiger partial charge in [-0.15, -0.1) is 0 Å². The Hall–Kier alpha value is -0.560. The molecule has 4 rings (SSSR count). The van der Waals surface area contributed by atoms with Gasteiger partial charge in [-0.3, -0.25) is 0 Å². The molecule has 0 heterocycles. The van der Waals surface area contributed by atoms with Crippen molar-refractivity contribution in [3.63, 3.8) is 0 Å². The summed E-state index contributed by atoms with van der Waals surface area (Å²) in [6, 6.07) is 0. The van der Waals surface area contributed by atoms with Crippen LogP contribution in [-0.4, -0.2) is 11.2 Å². The molecule has 1 nitrogen and oxygen atoms in total. The molecule has 0 aromatic heterocycles. The van der Waals surface area contributed by atoms with E-state index in [-0.39, 0.29) is 6.10 Å². The number of allylic oxidation sites excluding steroid dienone is 3. The highest BCUT2D eigenvalue weighted by Crippen LogP contribution is 2.64. The van der Waals surface area contributed by atoms with Gasteiger partial charge in [0, 0.05) is 0 Å². The Morgan fingerprint density at radius 1 is 1.00 bits per heavy atom. The molecule has 116 valence electrons. The Bertz CT molecular complexity index is 516. The first kappa shape index (κ1) is 14.1. The smallest absolute Gasteiger partial charge is 0.0577 e. The van der Waals surface area contributed by atoms with Gasteiger partial charge in [0.15, 0.2) is 0 Å². The van der Waals surface area contributed by atoms with E-state index in [1.165, 1.54) is 32.1 Å². The van der Waals surface area contributed by atoms with E-state index >= 15 is 0 Å². The summed E-state index contributed by atoms with van der Waals surface area (Å²) in [5.74, 6) is 2.61. The molecule has 1 unspecified atom stereocenters. The van der Waals surface area contributed by atoms with Crippen molar-refractivity contribution in [3.05, 3.63) is 23.3 Å². The van der Waals surface area contributed by atoms with Crippen LogP contribution >= 0.6 is 0 Å². The van der Waals surface area contributed by atoms with Gasteiger partial charge < -0.3 is 5.11 Å². The second-order valence-corrected chi connectivity index (χ2v) is 8.73. The van der Waals surface area contributed by atoms with E-state index in [1.807, 2.05) is 0 Å². The lowest BCUT2D eigenvalue weighted by Crippen LogP contribution is -2.49. The third-order valence-electron chi connectivity index (χ3n) is 8.05. The number of hydrogen-bond acceptors (Lipinski definition) is 1. The van der Waals surface area contributed by atoms with Gasteiger partial charge >= 0.3 is 0 Å². The van der Waals surface area contributed by atoms with Crippen LogP contribution in [0.4, 0.5) is 0 Å². The average Bonchev–Trinajstić information content (AvgIpc) is 2.76. The van der Waals surface area contributed by atoms with E-state index in [4.69, 9.17) is 0 Å². The van der Waals surface area contributed by atoms with E-state index in [1.54, 1.807) is 11.1 Å². The molecule has 1 heteroatoms. The van der Waals surface area contributed by atoms with Crippen LogP contribution in [0.2, 0.25) is 0 Å². The highest BCUT2D eigenvalue weighted by atomic mass is 16.3. The van der Waals surface area contributed by atoms with Crippen molar-refractivity contribution in [3.8, 4) is 0 Å². The molecule has 4 aliphatic rings. The summed E-state index contributed by atoms with van der Waals surface area (Å²) in [6.07, 6.45) is 13.5. The van der Waals surface area contributed by atoms with Crippen molar-refractivity contribution in [1.82, 2.24) is 0 Å². The second-order valence-electron chi connectivity index (χ2n) is 8.73. The highest BCUT2D eigenvalue weighted by molar-refractivity contribution is 5.29. The largest absolute Gasteiger partial charge is 0.393 e. The van der Waals surface area contributed by atoms with Crippen LogP contribution in [0.15, 0.2) is 23.3 Å². The first-order valence-electron chi connectivity index (χ1n) is 9.00. The normalized spacial score (nSPS) is 52.4. The fourth-order valence-corrected chi connectivity index (χ4v) is 6.42. The summed E-state index contributed by atoms with van der Waals surface area (Å²) in [7, 11) is 0. The molecule has 0 bridgehead atoms. The highest BCUT2D eigenvalue weighted by Gasteiger charge is 2.55. The lowest BCUT2D eigenvalue weighted by Gasteiger charge is -2.57. The van der Waals surface area contributed by atoms with Crippen LogP contribution in [0.3, 0.4) is 0 Å². The van der Waals surface area contributed by atoms with Crippen molar-refractivity contribution < 1.29 is 5.11 Å². The third kappa shape index (κ3) is 1.79. The van der Waals surface area contributed by atoms with Gasteiger partial charge in [0.1, 0.15) is 0 Å². The van der Waals surface area contributed by atoms with Crippen LogP contribution in [0.5, 0.6) is 0 Å². The van der Waals surface area contributed by atoms with Gasteiger partial charge in [0.05, 0.1) is 6.10 Å². The minimum Gasteiger partial charge on any atom is -0.393 e. The molecule has 2 saturated carbocycles. The van der Waals surface area contributed by atoms with Crippen molar-refractivity contribution in [2.75, 3.05) is 0 Å². The molecule has 4 aliphatic carbocycles. The molecule has 0 spiro atoms. The average molecular weight is 286 g/mol. The lowest BCUT2D eigenvalue weighted by atomic mass is 9.47. The molecular weight excluding hydrogens is 256 g/mol. The van der Waals surface area contributed by atoms with Crippen molar-refractivity contribution >= 4 is 0 Å². The first-order valence-corrected chi connectivity index (χ1v) is 9.00. The van der Waals surface area contributed by atoms with E-state index < -0.39 is 0 Å². The van der Waals surface area contributed by atoms with E-state index in [0.29, 0.717) is 10.8 Å². The predicted octanol–water partition coefficient (Wildman–Crippen LogP) is 4.87. The number of hydrogen-bond donors (Lipinski definition) is 1. The molecule has 6 atom stereocenters. The van der Waals surface area contributed by atoms with Gasteiger partial charge in [-0.2, -0.15) is 0 Å². The Kier molecular flexibility index (Phi) is 2.99. The molecule has 0 radical (unpaired) electrons. The fraction of sp³-hybridized carbons (Fsp3) is 0.800. The number of rotatable bonds is 0. The maximum Gasteiger partial charge on any atom is 0.0577 e. The summed E-state index contributed by atoms with van der Waals surface area (Å²) in [5, 5.41) is 10.0. The number of fused-ring (bicyclic) bond motifs is 5. The summed E-state index contributed by atoms with van der Waals surface area (Å²) in [6.45, 7) is 7.40. The molecule has 2 fully saturated rings. The monoisotopic (exact) mass is 286 g/mol. The molecule has 21 heavy (non-hydrogen) atoms. The topological polar surface area (TPSA) is 20.2 Å². The maximum absolute atomic E-state index is 10.0. The second kappa shape index (κ2) is 4.47. The van der Waals surface area contributed by atoms with Gasteiger partial charge in [-0.1, -0.05) is 37.1 Å². The summed E-state index contributed by atoms with van der Waals surface area (Å²) >= 11 is 0. The molecular formula is C20H30O. The Morgan fingerprint density at radius 2 is 1.76 bits per heavy atom. The molecule has 0 aromatic rings. The van der Waals surface area contributed by atoms with Crippen molar-refractivity contribution in [2.45, 2.75) is 71.8 Å². The Morgan fingerprint density at radius 3 is 2.57 bits per heavy atom. The first-order chi connectivity index (χ1) is 9.95. The van der Waals surface area contributed by atoms with E-state index in [0.717, 1.165) is 30.6 Å². The number of aliphatic hydroxyl groups excluding tert-OH is 1. The number of aliphatic hydroxyl groups is 1. The van der Waals surface area contributed by atoms with Crippen LogP contribution < -0.4 is 0 Å². The molecule has 0 aliphatic heterocycles. The van der Waals surface area contributed by atoms with Crippen molar-refractivity contribution in [2.24, 2.45) is 28.6 Å². The minimum atomic E-state index is -0.0786. The lowest BCUT2D eigenvalue weighted by molar-refractivity contribution is -0.0293. The van der Waals surface area contributed by atoms with Gasteiger partial charge in [-0.25, -0.2) is 0 Å². The third-order valence-corrected chi connectivity index (χ3v) is 8.05. The van der Waals surface area contributed by atoms with Crippen LogP contribution in [0.25, 0.3) is 0 Å². The quantitative estimate of drug-likeness (QED) is 0.630. The van der Waals surface area contributed by atoms with Gasteiger partial charge in [0.2, 0.25) is 0 Å². The van der Waals surface area contributed by atoms with E-state index in [9.17, 15) is 5.11 Å². The zero-order valence-electron chi connectivity index (χ0n) is 13.9. The van der Waals surface area contributed by atoms with E-state index in [2.05, 4.69) is 32.9 Å². The molecule has 0 amide bonds. The standard InChI is InChI=1S/C20H30O/c1-13-4-7-17-16-6-5-14-12-15(21)8-10-20(14,3)18(16)9-11-19(13,17)2/h4-5,15-18,21H,6-12H2,1-3H3/t15?,16-,17-,18+,19+,20-/m0/s1. The van der Waals surface area contributed by atoms with Crippen molar-refractivity contribution in [1.29, 1.82) is 0 Å². The van der Waals surface area contributed by atoms with Crippen LogP contribution in [-0.2, 0) is 0 Å². The predicted molar refractivity (Wildman–Crippen MR) is 86.8 cm³/mol. The van der Waals surface area contributed by atoms with Crippen LogP contribution in [0.1, 0.15) is 65.7 Å². The summed E-state index contributed by atoms with van der Waals surface area (Å²) in [4.78, 5) is 0. The minimum absolute atomic E-state index is 0.0786. The van der Waals surface area contributed by atoms with Gasteiger partial charge in [0.25, 0.3) is 0 Å². The SMILES string of the molecule is CC1=CC[C@H]2[C@@H]3CC=C4CC(O)CC[C@]4(C)[C@@H]3CC[C@]12C. The zero-order valence-corrected chi connectivity index (χ0v) is 13.9. The van der Waals surface area contributed by atoms with Crippen LogP contribution in [0, 0.1) is 28.6 Å². The van der Waals surface area contributed by atoms with Gasteiger partial charge in [-0.05, 0) is 80.5 Å².